The fourth-order valence-corrected chi connectivity index (χ4v) is 2.54. The van der Waals surface area contributed by atoms with Crippen LogP contribution in [-0.4, -0.2) is 22.4 Å². The molecule has 0 fully saturated rings. The van der Waals surface area contributed by atoms with E-state index in [0.717, 1.165) is 28.8 Å². The fraction of sp³-hybridized carbons (Fsp3) is 0.118. The van der Waals surface area contributed by atoms with E-state index in [4.69, 9.17) is 4.74 Å². The minimum Gasteiger partial charge on any atom is -0.493 e. The van der Waals surface area contributed by atoms with E-state index in [1.165, 1.54) is 6.20 Å². The van der Waals surface area contributed by atoms with E-state index in [1.54, 1.807) is 6.07 Å². The molecular formula is C17H12N2O2. The molecule has 2 heterocycles. The third-order valence-corrected chi connectivity index (χ3v) is 3.63. The Morgan fingerprint density at radius 2 is 1.95 bits per heavy atom. The quantitative estimate of drug-likeness (QED) is 0.675. The monoisotopic (exact) mass is 276 g/mol. The summed E-state index contributed by atoms with van der Waals surface area (Å²) in [6, 6.07) is 13.0. The van der Waals surface area contributed by atoms with Gasteiger partial charge in [-0.05, 0) is 35.9 Å². The highest BCUT2D eigenvalue weighted by Gasteiger charge is 2.17. The number of aromatic nitrogens is 2. The van der Waals surface area contributed by atoms with Gasteiger partial charge in [0.15, 0.2) is 0 Å². The van der Waals surface area contributed by atoms with Crippen LogP contribution in [0.2, 0.25) is 0 Å². The van der Waals surface area contributed by atoms with Crippen molar-refractivity contribution in [2.24, 2.45) is 0 Å². The van der Waals surface area contributed by atoms with Gasteiger partial charge in [0.25, 0.3) is 0 Å². The van der Waals surface area contributed by atoms with Crippen molar-refractivity contribution in [1.29, 1.82) is 0 Å². The molecule has 0 unspecified atom stereocenters. The summed E-state index contributed by atoms with van der Waals surface area (Å²) in [6.45, 7) is 0.683. The van der Waals surface area contributed by atoms with Crippen molar-refractivity contribution in [3.8, 4) is 5.75 Å². The van der Waals surface area contributed by atoms with Crippen LogP contribution in [0.15, 0.2) is 48.7 Å². The molecule has 4 nitrogen and oxygen atoms in total. The molecule has 0 bridgehead atoms. The molecule has 0 spiro atoms. The van der Waals surface area contributed by atoms with Crippen LogP contribution in [0.25, 0.3) is 11.0 Å². The lowest BCUT2D eigenvalue weighted by Gasteiger charge is -2.04. The molecule has 1 aliphatic heterocycles. The van der Waals surface area contributed by atoms with E-state index in [1.807, 2.05) is 36.4 Å². The first-order chi connectivity index (χ1) is 10.3. The van der Waals surface area contributed by atoms with Gasteiger partial charge in [-0.3, -0.25) is 9.78 Å². The van der Waals surface area contributed by atoms with Gasteiger partial charge in [-0.15, -0.1) is 0 Å². The lowest BCUT2D eigenvalue weighted by molar-refractivity contribution is 0.103. The molecule has 4 rings (SSSR count). The van der Waals surface area contributed by atoms with Gasteiger partial charge >= 0.3 is 0 Å². The summed E-state index contributed by atoms with van der Waals surface area (Å²) in [5.74, 6) is 0.763. The maximum absolute atomic E-state index is 12.5. The molecule has 0 atom stereocenters. The van der Waals surface area contributed by atoms with Gasteiger partial charge in [-0.25, -0.2) is 4.98 Å². The van der Waals surface area contributed by atoms with Crippen LogP contribution in [0.1, 0.15) is 21.6 Å². The maximum Gasteiger partial charge on any atom is 0.212 e. The van der Waals surface area contributed by atoms with Gasteiger partial charge in [-0.2, -0.15) is 0 Å². The van der Waals surface area contributed by atoms with E-state index >= 15 is 0 Å². The van der Waals surface area contributed by atoms with Gasteiger partial charge < -0.3 is 4.74 Å². The number of carbonyl (C=O) groups excluding carboxylic acids is 1. The average molecular weight is 276 g/mol. The Bertz CT molecular complexity index is 858. The van der Waals surface area contributed by atoms with Crippen LogP contribution in [-0.2, 0) is 6.42 Å². The number of nitrogens with zero attached hydrogens (tertiary/aromatic N) is 2. The largest absolute Gasteiger partial charge is 0.493 e. The van der Waals surface area contributed by atoms with Crippen molar-refractivity contribution in [2.45, 2.75) is 6.42 Å². The standard InChI is InChI=1S/C17H12N2O2/c20-17(12-5-6-16-11(9-12)7-8-21-16)15-10-18-13-3-1-2-4-14(13)19-15/h1-6,9-10H,7-8H2. The summed E-state index contributed by atoms with van der Waals surface area (Å²) < 4.78 is 5.46. The smallest absolute Gasteiger partial charge is 0.212 e. The van der Waals surface area contributed by atoms with Crippen molar-refractivity contribution < 1.29 is 9.53 Å². The van der Waals surface area contributed by atoms with Crippen LogP contribution in [0.5, 0.6) is 5.75 Å². The second-order valence-corrected chi connectivity index (χ2v) is 4.99. The molecule has 0 aliphatic carbocycles. The van der Waals surface area contributed by atoms with Crippen molar-refractivity contribution in [2.75, 3.05) is 6.61 Å². The Kier molecular flexibility index (Phi) is 2.67. The highest BCUT2D eigenvalue weighted by atomic mass is 16.5. The summed E-state index contributed by atoms with van der Waals surface area (Å²) in [5.41, 5.74) is 3.59. The predicted octanol–water partition coefficient (Wildman–Crippen LogP) is 2.80. The Labute approximate surface area is 121 Å². The molecule has 2 aromatic carbocycles. The second-order valence-electron chi connectivity index (χ2n) is 4.99. The molecule has 3 aromatic rings. The number of hydrogen-bond acceptors (Lipinski definition) is 4. The summed E-state index contributed by atoms with van der Waals surface area (Å²) in [6.07, 6.45) is 2.38. The fourth-order valence-electron chi connectivity index (χ4n) is 2.54. The van der Waals surface area contributed by atoms with Crippen LogP contribution < -0.4 is 4.74 Å². The molecule has 0 radical (unpaired) electrons. The first kappa shape index (κ1) is 12.0. The van der Waals surface area contributed by atoms with Gasteiger partial charge in [0.2, 0.25) is 5.78 Å². The summed E-state index contributed by atoms with van der Waals surface area (Å²) >= 11 is 0. The van der Waals surface area contributed by atoms with E-state index in [2.05, 4.69) is 9.97 Å². The summed E-state index contributed by atoms with van der Waals surface area (Å²) in [5, 5.41) is 0. The maximum atomic E-state index is 12.5. The van der Waals surface area contributed by atoms with Crippen molar-refractivity contribution in [3.63, 3.8) is 0 Å². The molecule has 102 valence electrons. The number of para-hydroxylation sites is 2. The zero-order valence-electron chi connectivity index (χ0n) is 11.2. The SMILES string of the molecule is O=C(c1ccc2c(c1)CCO2)c1cnc2ccccc2n1. The normalized spacial score (nSPS) is 13.0. The number of benzene rings is 2. The molecule has 21 heavy (non-hydrogen) atoms. The number of hydrogen-bond donors (Lipinski definition) is 0. The lowest BCUT2D eigenvalue weighted by atomic mass is 10.0. The van der Waals surface area contributed by atoms with Gasteiger partial charge in [0.05, 0.1) is 23.8 Å². The van der Waals surface area contributed by atoms with E-state index in [0.29, 0.717) is 17.9 Å². The molecular weight excluding hydrogens is 264 g/mol. The van der Waals surface area contributed by atoms with E-state index < -0.39 is 0 Å². The zero-order valence-corrected chi connectivity index (χ0v) is 11.2. The van der Waals surface area contributed by atoms with Crippen molar-refractivity contribution in [1.82, 2.24) is 9.97 Å². The number of ether oxygens (including phenoxy) is 1. The van der Waals surface area contributed by atoms with Crippen LogP contribution >= 0.6 is 0 Å². The van der Waals surface area contributed by atoms with Crippen LogP contribution in [0, 0.1) is 0 Å². The molecule has 1 aliphatic rings. The topological polar surface area (TPSA) is 52.1 Å². The third kappa shape index (κ3) is 2.05. The lowest BCUT2D eigenvalue weighted by Crippen LogP contribution is -2.05. The number of fused-ring (bicyclic) bond motifs is 2. The van der Waals surface area contributed by atoms with Crippen LogP contribution in [0.3, 0.4) is 0 Å². The molecule has 0 saturated carbocycles. The van der Waals surface area contributed by atoms with Gasteiger partial charge in [-0.1, -0.05) is 12.1 Å². The number of carbonyl (C=O) groups is 1. The Morgan fingerprint density at radius 1 is 1.10 bits per heavy atom. The second kappa shape index (κ2) is 4.66. The molecule has 1 aromatic heterocycles. The molecule has 4 heteroatoms. The van der Waals surface area contributed by atoms with Crippen molar-refractivity contribution in [3.05, 3.63) is 65.5 Å². The number of rotatable bonds is 2. The highest BCUT2D eigenvalue weighted by Crippen LogP contribution is 2.26. The first-order valence-corrected chi connectivity index (χ1v) is 6.83. The minimum atomic E-state index is -0.108. The van der Waals surface area contributed by atoms with E-state index in [-0.39, 0.29) is 5.78 Å². The molecule has 0 saturated heterocycles. The predicted molar refractivity (Wildman–Crippen MR) is 78.6 cm³/mol. The average Bonchev–Trinajstić information content (AvgIpc) is 3.01. The highest BCUT2D eigenvalue weighted by molar-refractivity contribution is 6.08. The Balaban J connectivity index is 1.75. The first-order valence-electron chi connectivity index (χ1n) is 6.83. The summed E-state index contributed by atoms with van der Waals surface area (Å²) in [7, 11) is 0. The summed E-state index contributed by atoms with van der Waals surface area (Å²) in [4.78, 5) is 21.2. The molecule has 0 N–H and O–H groups in total. The van der Waals surface area contributed by atoms with Gasteiger partial charge in [0.1, 0.15) is 11.4 Å². The minimum absolute atomic E-state index is 0.108. The Hall–Kier alpha value is -2.75. The number of ketones is 1. The third-order valence-electron chi connectivity index (χ3n) is 3.63. The Morgan fingerprint density at radius 3 is 2.86 bits per heavy atom. The van der Waals surface area contributed by atoms with Crippen LogP contribution in [0.4, 0.5) is 0 Å². The molecule has 0 amide bonds. The van der Waals surface area contributed by atoms with Gasteiger partial charge in [0, 0.05) is 12.0 Å². The zero-order chi connectivity index (χ0) is 14.2. The van der Waals surface area contributed by atoms with Crippen molar-refractivity contribution >= 4 is 16.8 Å². The van der Waals surface area contributed by atoms with E-state index in [9.17, 15) is 4.79 Å².